The number of aromatic nitrogens is 2. The predicted octanol–water partition coefficient (Wildman–Crippen LogP) is 6.64. The number of nitrogens with zero attached hydrogens (tertiary/aromatic N) is 2. The molecule has 2 aromatic carbocycles. The van der Waals surface area contributed by atoms with Gasteiger partial charge in [0.1, 0.15) is 21.9 Å². The molecule has 0 aliphatic heterocycles. The number of pyridine rings is 1. The monoisotopic (exact) mass is 638 g/mol. The Labute approximate surface area is 226 Å². The van der Waals surface area contributed by atoms with Crippen molar-refractivity contribution in [2.24, 2.45) is 5.92 Å². The van der Waals surface area contributed by atoms with Crippen LogP contribution in [0.4, 0.5) is 24.0 Å². The highest BCUT2D eigenvalue weighted by Crippen LogP contribution is 2.37. The van der Waals surface area contributed by atoms with Crippen LogP contribution in [0.5, 0.6) is 11.6 Å². The minimum Gasteiger partial charge on any atom is -0.439 e. The van der Waals surface area contributed by atoms with E-state index in [4.69, 9.17) is 4.74 Å². The van der Waals surface area contributed by atoms with Gasteiger partial charge in [0.2, 0.25) is 17.7 Å². The SMILES string of the molecule is O=C(Cc1ccccc1C(F)(F)I)Nc1cc(Oc2ccc3nc(NC(=O)C4CC4)sc3n2)ccc1F. The van der Waals surface area contributed by atoms with Crippen LogP contribution in [0, 0.1) is 11.7 Å². The Morgan fingerprint density at radius 1 is 1.08 bits per heavy atom. The summed E-state index contributed by atoms with van der Waals surface area (Å²) in [7, 11) is 0. The summed E-state index contributed by atoms with van der Waals surface area (Å²) in [6, 6.07) is 12.7. The van der Waals surface area contributed by atoms with E-state index in [1.54, 1.807) is 18.2 Å². The molecule has 0 atom stereocenters. The number of halogens is 4. The summed E-state index contributed by atoms with van der Waals surface area (Å²) in [5.74, 6) is -0.964. The van der Waals surface area contributed by atoms with Crippen LogP contribution in [-0.2, 0) is 19.9 Å². The molecule has 4 aromatic rings. The molecule has 37 heavy (non-hydrogen) atoms. The Morgan fingerprint density at radius 2 is 1.86 bits per heavy atom. The zero-order chi connectivity index (χ0) is 26.2. The first-order valence-corrected chi connectivity index (χ1v) is 13.1. The van der Waals surface area contributed by atoms with E-state index in [9.17, 15) is 22.8 Å². The standard InChI is InChI=1S/C25H18F3IN4O3S/c26-17-8-7-15(12-19(17)30-20(34)11-14-3-1-2-4-16(14)25(27,28)29)36-21-10-9-18-23(32-21)37-24(31-18)33-22(35)13-5-6-13/h1-4,7-10,12-13H,5-6,11H2,(H,30,34)(H,31,33,35). The average molecular weight is 638 g/mol. The van der Waals surface area contributed by atoms with E-state index < -0.39 is 15.7 Å². The number of fused-ring (bicyclic) bond motifs is 1. The fourth-order valence-electron chi connectivity index (χ4n) is 3.57. The minimum atomic E-state index is -3.15. The molecule has 0 saturated heterocycles. The van der Waals surface area contributed by atoms with Crippen LogP contribution in [0.2, 0.25) is 0 Å². The van der Waals surface area contributed by atoms with Gasteiger partial charge in [-0.05, 0) is 36.6 Å². The van der Waals surface area contributed by atoms with Crippen LogP contribution < -0.4 is 15.4 Å². The summed E-state index contributed by atoms with van der Waals surface area (Å²) in [6.45, 7) is 0. The van der Waals surface area contributed by atoms with E-state index >= 15 is 0 Å². The van der Waals surface area contributed by atoms with E-state index in [0.717, 1.165) is 41.5 Å². The molecule has 12 heteroatoms. The Kier molecular flexibility index (Phi) is 7.03. The van der Waals surface area contributed by atoms with Crippen LogP contribution in [-0.4, -0.2) is 21.8 Å². The Morgan fingerprint density at radius 3 is 2.62 bits per heavy atom. The molecule has 2 aromatic heterocycles. The molecule has 0 spiro atoms. The van der Waals surface area contributed by atoms with Crippen molar-refractivity contribution in [2.75, 3.05) is 10.6 Å². The van der Waals surface area contributed by atoms with Gasteiger partial charge in [0.15, 0.2) is 5.13 Å². The fraction of sp³-hybridized carbons (Fsp3) is 0.200. The minimum absolute atomic E-state index is 0.0500. The van der Waals surface area contributed by atoms with Gasteiger partial charge in [-0.25, -0.2) is 14.4 Å². The van der Waals surface area contributed by atoms with Crippen molar-refractivity contribution in [1.29, 1.82) is 0 Å². The van der Waals surface area contributed by atoms with E-state index in [-0.39, 0.29) is 46.7 Å². The van der Waals surface area contributed by atoms with Crippen LogP contribution >= 0.6 is 33.9 Å². The number of benzene rings is 2. The van der Waals surface area contributed by atoms with E-state index in [2.05, 4.69) is 20.6 Å². The first-order valence-electron chi connectivity index (χ1n) is 11.2. The van der Waals surface area contributed by atoms with Gasteiger partial charge in [0.05, 0.1) is 12.1 Å². The molecule has 0 radical (unpaired) electrons. The molecule has 0 unspecified atom stereocenters. The summed E-state index contributed by atoms with van der Waals surface area (Å²) >= 11 is 2.21. The molecular formula is C25H18F3IN4O3S. The third kappa shape index (κ3) is 6.18. The predicted molar refractivity (Wildman–Crippen MR) is 142 cm³/mol. The Balaban J connectivity index is 1.28. The number of hydrogen-bond donors (Lipinski definition) is 2. The lowest BCUT2D eigenvalue weighted by atomic mass is 10.0. The zero-order valence-corrected chi connectivity index (χ0v) is 21.9. The number of anilines is 2. The van der Waals surface area contributed by atoms with Crippen molar-refractivity contribution >= 4 is 66.9 Å². The third-order valence-electron chi connectivity index (χ3n) is 5.52. The Bertz CT molecular complexity index is 1500. The summed E-state index contributed by atoms with van der Waals surface area (Å²) < 4.78 is 44.7. The number of ether oxygens (including phenoxy) is 1. The van der Waals surface area contributed by atoms with Gasteiger partial charge < -0.3 is 15.4 Å². The van der Waals surface area contributed by atoms with Crippen LogP contribution in [0.1, 0.15) is 24.0 Å². The van der Waals surface area contributed by atoms with Gasteiger partial charge in [-0.2, -0.15) is 8.78 Å². The van der Waals surface area contributed by atoms with Crippen molar-refractivity contribution in [3.63, 3.8) is 0 Å². The maximum Gasteiger partial charge on any atom is 0.321 e. The molecule has 0 bridgehead atoms. The van der Waals surface area contributed by atoms with Crippen molar-refractivity contribution in [3.05, 3.63) is 71.5 Å². The third-order valence-corrected chi connectivity index (χ3v) is 6.98. The smallest absolute Gasteiger partial charge is 0.321 e. The Hall–Kier alpha value is -3.26. The first-order chi connectivity index (χ1) is 17.7. The number of carbonyl (C=O) groups excluding carboxylic acids is 2. The molecule has 1 aliphatic carbocycles. The molecule has 1 aliphatic rings. The summed E-state index contributed by atoms with van der Waals surface area (Å²) in [6.07, 6.45) is 1.41. The number of carbonyl (C=O) groups is 2. The van der Waals surface area contributed by atoms with Crippen LogP contribution in [0.25, 0.3) is 10.3 Å². The highest BCUT2D eigenvalue weighted by Gasteiger charge is 2.31. The van der Waals surface area contributed by atoms with Gasteiger partial charge >= 0.3 is 3.93 Å². The summed E-state index contributed by atoms with van der Waals surface area (Å²) in [4.78, 5) is 33.8. The van der Waals surface area contributed by atoms with Crippen molar-refractivity contribution in [2.45, 2.75) is 23.2 Å². The second-order valence-corrected chi connectivity index (χ2v) is 10.7. The lowest BCUT2D eigenvalue weighted by Crippen LogP contribution is -2.18. The van der Waals surface area contributed by atoms with E-state index in [1.165, 1.54) is 41.7 Å². The lowest BCUT2D eigenvalue weighted by molar-refractivity contribution is -0.117. The highest BCUT2D eigenvalue weighted by molar-refractivity contribution is 14.1. The van der Waals surface area contributed by atoms with E-state index in [1.807, 2.05) is 0 Å². The van der Waals surface area contributed by atoms with E-state index in [0.29, 0.717) is 15.5 Å². The number of hydrogen-bond acceptors (Lipinski definition) is 6. The maximum atomic E-state index is 14.4. The second-order valence-electron chi connectivity index (χ2n) is 8.38. The molecule has 2 N–H and O–H groups in total. The highest BCUT2D eigenvalue weighted by atomic mass is 127. The number of amides is 2. The number of thiazole rings is 1. The van der Waals surface area contributed by atoms with Crippen molar-refractivity contribution in [1.82, 2.24) is 9.97 Å². The molecule has 1 fully saturated rings. The second kappa shape index (κ2) is 10.2. The lowest BCUT2D eigenvalue weighted by Gasteiger charge is -2.14. The van der Waals surface area contributed by atoms with Gasteiger partial charge in [-0.3, -0.25) is 9.59 Å². The van der Waals surface area contributed by atoms with Crippen LogP contribution in [0.15, 0.2) is 54.6 Å². The zero-order valence-electron chi connectivity index (χ0n) is 18.9. The van der Waals surface area contributed by atoms with Gasteiger partial charge in [-0.15, -0.1) is 0 Å². The molecule has 2 amide bonds. The quantitative estimate of drug-likeness (QED) is 0.167. The molecule has 2 heterocycles. The topological polar surface area (TPSA) is 93.2 Å². The fourth-order valence-corrected chi connectivity index (χ4v) is 4.93. The normalized spacial score (nSPS) is 13.4. The number of alkyl halides is 3. The summed E-state index contributed by atoms with van der Waals surface area (Å²) in [5.41, 5.74) is 0.295. The first kappa shape index (κ1) is 25.4. The number of rotatable bonds is 8. The van der Waals surface area contributed by atoms with Crippen molar-refractivity contribution < 1.29 is 27.5 Å². The van der Waals surface area contributed by atoms with Crippen molar-refractivity contribution in [3.8, 4) is 11.6 Å². The van der Waals surface area contributed by atoms with Gasteiger partial charge in [0, 0.05) is 46.2 Å². The number of nitrogens with one attached hydrogen (secondary N) is 2. The average Bonchev–Trinajstić information content (AvgIpc) is 3.62. The van der Waals surface area contributed by atoms with Crippen LogP contribution in [0.3, 0.4) is 0 Å². The maximum absolute atomic E-state index is 14.4. The molecule has 5 rings (SSSR count). The van der Waals surface area contributed by atoms with Gasteiger partial charge in [0.25, 0.3) is 0 Å². The summed E-state index contributed by atoms with van der Waals surface area (Å²) in [5, 5.41) is 5.66. The molecule has 1 saturated carbocycles. The van der Waals surface area contributed by atoms with Gasteiger partial charge in [-0.1, -0.05) is 35.6 Å². The molecule has 7 nitrogen and oxygen atoms in total. The largest absolute Gasteiger partial charge is 0.439 e. The molecular weight excluding hydrogens is 620 g/mol. The molecule has 190 valence electrons.